The number of sulfonamides is 1. The van der Waals surface area contributed by atoms with Gasteiger partial charge in [0.2, 0.25) is 0 Å². The molecule has 0 aliphatic heterocycles. The van der Waals surface area contributed by atoms with Crippen LogP contribution in [0.25, 0.3) is 0 Å². The maximum Gasteiger partial charge on any atom is 0.262 e. The Bertz CT molecular complexity index is 1130. The molecule has 0 saturated heterocycles. The molecule has 7 heteroatoms. The Hall–Kier alpha value is -2.64. The highest BCUT2D eigenvalue weighted by molar-refractivity contribution is 9.10. The molecule has 3 rings (SSSR count). The first-order chi connectivity index (χ1) is 13.3. The highest BCUT2D eigenvalue weighted by atomic mass is 79.9. The number of aryl methyl sites for hydroxylation is 2. The largest absolute Gasteiger partial charge is 0.322 e. The van der Waals surface area contributed by atoms with Crippen molar-refractivity contribution in [2.45, 2.75) is 18.7 Å². The number of nitrogens with one attached hydrogen (secondary N) is 2. The van der Waals surface area contributed by atoms with E-state index in [-0.39, 0.29) is 16.4 Å². The van der Waals surface area contributed by atoms with Gasteiger partial charge in [-0.3, -0.25) is 9.52 Å². The molecule has 0 fully saturated rings. The van der Waals surface area contributed by atoms with Gasteiger partial charge in [-0.15, -0.1) is 0 Å². The lowest BCUT2D eigenvalue weighted by atomic mass is 10.1. The second-order valence-corrected chi connectivity index (χ2v) is 8.88. The Balaban J connectivity index is 1.88. The number of amides is 1. The molecule has 0 atom stereocenters. The van der Waals surface area contributed by atoms with E-state index in [0.29, 0.717) is 16.9 Å². The standard InChI is InChI=1S/C21H19BrN2O3S/c1-14-8-9-16(21(25)23-18-10-11-19(22)15(2)12-18)13-20(14)28(26,27)24-17-6-4-3-5-7-17/h3-13,24H,1-2H3,(H,23,25). The molecule has 0 heterocycles. The van der Waals surface area contributed by atoms with Crippen LogP contribution in [-0.4, -0.2) is 14.3 Å². The molecule has 0 saturated carbocycles. The monoisotopic (exact) mass is 458 g/mol. The number of carbonyl (C=O) groups is 1. The molecule has 0 unspecified atom stereocenters. The summed E-state index contributed by atoms with van der Waals surface area (Å²) < 4.78 is 29.1. The number of benzene rings is 3. The number of hydrogen-bond acceptors (Lipinski definition) is 3. The fraction of sp³-hybridized carbons (Fsp3) is 0.0952. The van der Waals surface area contributed by atoms with Crippen molar-refractivity contribution in [3.63, 3.8) is 0 Å². The Morgan fingerprint density at radius 3 is 2.25 bits per heavy atom. The second-order valence-electron chi connectivity index (χ2n) is 6.37. The zero-order chi connectivity index (χ0) is 20.3. The molecule has 1 amide bonds. The van der Waals surface area contributed by atoms with Crippen LogP contribution in [-0.2, 0) is 10.0 Å². The lowest BCUT2D eigenvalue weighted by Crippen LogP contribution is -2.17. The lowest BCUT2D eigenvalue weighted by molar-refractivity contribution is 0.102. The molecule has 28 heavy (non-hydrogen) atoms. The average Bonchev–Trinajstić information content (AvgIpc) is 2.65. The van der Waals surface area contributed by atoms with Gasteiger partial charge in [0.25, 0.3) is 15.9 Å². The molecular formula is C21H19BrN2O3S. The van der Waals surface area contributed by atoms with E-state index in [2.05, 4.69) is 26.0 Å². The Kier molecular flexibility index (Phi) is 5.86. The van der Waals surface area contributed by atoms with E-state index in [4.69, 9.17) is 0 Å². The SMILES string of the molecule is Cc1cc(NC(=O)c2ccc(C)c(S(=O)(=O)Nc3ccccc3)c2)ccc1Br. The fourth-order valence-corrected chi connectivity index (χ4v) is 4.25. The van der Waals surface area contributed by atoms with Crippen molar-refractivity contribution in [3.05, 3.63) is 87.9 Å². The maximum absolute atomic E-state index is 12.8. The molecule has 0 spiro atoms. The van der Waals surface area contributed by atoms with Crippen LogP contribution in [0.5, 0.6) is 0 Å². The summed E-state index contributed by atoms with van der Waals surface area (Å²) in [6, 6.07) is 18.7. The summed E-state index contributed by atoms with van der Waals surface area (Å²) in [4.78, 5) is 12.7. The number of halogens is 1. The van der Waals surface area contributed by atoms with Gasteiger partial charge >= 0.3 is 0 Å². The van der Waals surface area contributed by atoms with Gasteiger partial charge < -0.3 is 5.32 Å². The van der Waals surface area contributed by atoms with Crippen LogP contribution in [0.3, 0.4) is 0 Å². The predicted molar refractivity (Wildman–Crippen MR) is 115 cm³/mol. The minimum absolute atomic E-state index is 0.0657. The van der Waals surface area contributed by atoms with E-state index in [1.807, 2.05) is 19.1 Å². The summed E-state index contributed by atoms with van der Waals surface area (Å²) >= 11 is 3.42. The quantitative estimate of drug-likeness (QED) is 0.556. The third-order valence-corrected chi connectivity index (χ3v) is 6.59. The van der Waals surface area contributed by atoms with Gasteiger partial charge in [-0.25, -0.2) is 8.42 Å². The van der Waals surface area contributed by atoms with Gasteiger partial charge in [0.15, 0.2) is 0 Å². The van der Waals surface area contributed by atoms with E-state index in [1.54, 1.807) is 55.5 Å². The van der Waals surface area contributed by atoms with Crippen LogP contribution in [0, 0.1) is 13.8 Å². The highest BCUT2D eigenvalue weighted by Gasteiger charge is 2.19. The molecule has 144 valence electrons. The van der Waals surface area contributed by atoms with E-state index in [9.17, 15) is 13.2 Å². The van der Waals surface area contributed by atoms with Gasteiger partial charge in [-0.1, -0.05) is 40.2 Å². The zero-order valence-corrected chi connectivity index (χ0v) is 17.8. The van der Waals surface area contributed by atoms with E-state index in [0.717, 1.165) is 10.0 Å². The van der Waals surface area contributed by atoms with E-state index in [1.165, 1.54) is 6.07 Å². The molecule has 3 aromatic rings. The number of anilines is 2. The van der Waals surface area contributed by atoms with Crippen LogP contribution in [0.4, 0.5) is 11.4 Å². The van der Waals surface area contributed by atoms with Crippen LogP contribution in [0.2, 0.25) is 0 Å². The van der Waals surface area contributed by atoms with Crippen molar-refractivity contribution in [1.29, 1.82) is 0 Å². The fourth-order valence-electron chi connectivity index (χ4n) is 2.67. The molecule has 2 N–H and O–H groups in total. The number of rotatable bonds is 5. The van der Waals surface area contributed by atoms with Gasteiger partial charge in [0.1, 0.15) is 0 Å². The summed E-state index contributed by atoms with van der Waals surface area (Å²) in [5.74, 6) is -0.377. The average molecular weight is 459 g/mol. The molecule has 0 radical (unpaired) electrons. The second kappa shape index (κ2) is 8.16. The van der Waals surface area contributed by atoms with Gasteiger partial charge in [-0.2, -0.15) is 0 Å². The Morgan fingerprint density at radius 2 is 1.57 bits per heavy atom. The minimum Gasteiger partial charge on any atom is -0.322 e. The van der Waals surface area contributed by atoms with Crippen molar-refractivity contribution in [2.24, 2.45) is 0 Å². The summed E-state index contributed by atoms with van der Waals surface area (Å²) in [5.41, 5.74) is 2.90. The van der Waals surface area contributed by atoms with E-state index >= 15 is 0 Å². The summed E-state index contributed by atoms with van der Waals surface area (Å²) in [6.45, 7) is 3.62. The van der Waals surface area contributed by atoms with Crippen molar-refractivity contribution < 1.29 is 13.2 Å². The van der Waals surface area contributed by atoms with Crippen LogP contribution < -0.4 is 10.0 Å². The van der Waals surface area contributed by atoms with Gasteiger partial charge in [-0.05, 0) is 67.4 Å². The maximum atomic E-state index is 12.8. The first-order valence-corrected chi connectivity index (χ1v) is 10.8. The first kappa shape index (κ1) is 20.1. The Morgan fingerprint density at radius 1 is 0.857 bits per heavy atom. The van der Waals surface area contributed by atoms with Crippen molar-refractivity contribution in [1.82, 2.24) is 0 Å². The molecule has 0 bridgehead atoms. The zero-order valence-electron chi connectivity index (χ0n) is 15.4. The summed E-state index contributed by atoms with van der Waals surface area (Å²) in [6.07, 6.45) is 0. The molecule has 0 aliphatic carbocycles. The number of carbonyl (C=O) groups excluding carboxylic acids is 1. The minimum atomic E-state index is -3.82. The number of para-hydroxylation sites is 1. The van der Waals surface area contributed by atoms with Crippen LogP contribution in [0.15, 0.2) is 76.1 Å². The van der Waals surface area contributed by atoms with Gasteiger partial charge in [0, 0.05) is 21.4 Å². The predicted octanol–water partition coefficient (Wildman–Crippen LogP) is 5.12. The van der Waals surface area contributed by atoms with Crippen LogP contribution in [0.1, 0.15) is 21.5 Å². The smallest absolute Gasteiger partial charge is 0.262 e. The highest BCUT2D eigenvalue weighted by Crippen LogP contribution is 2.23. The topological polar surface area (TPSA) is 75.3 Å². The summed E-state index contributed by atoms with van der Waals surface area (Å²) in [7, 11) is -3.82. The normalized spacial score (nSPS) is 11.1. The van der Waals surface area contributed by atoms with Crippen molar-refractivity contribution in [2.75, 3.05) is 10.0 Å². The van der Waals surface area contributed by atoms with E-state index < -0.39 is 10.0 Å². The van der Waals surface area contributed by atoms with Crippen molar-refractivity contribution in [3.8, 4) is 0 Å². The summed E-state index contributed by atoms with van der Waals surface area (Å²) in [5, 5.41) is 2.80. The third-order valence-electron chi connectivity index (χ3n) is 4.18. The number of hydrogen-bond donors (Lipinski definition) is 2. The molecule has 0 aromatic heterocycles. The lowest BCUT2D eigenvalue weighted by Gasteiger charge is -2.12. The first-order valence-electron chi connectivity index (χ1n) is 8.52. The van der Waals surface area contributed by atoms with Crippen molar-refractivity contribution >= 4 is 43.2 Å². The van der Waals surface area contributed by atoms with Crippen LogP contribution >= 0.6 is 15.9 Å². The Labute approximate surface area is 173 Å². The molecular weight excluding hydrogens is 440 g/mol. The third kappa shape index (κ3) is 4.61. The van der Waals surface area contributed by atoms with Gasteiger partial charge in [0.05, 0.1) is 4.90 Å². The molecule has 5 nitrogen and oxygen atoms in total. The molecule has 0 aliphatic rings. The molecule has 3 aromatic carbocycles.